The van der Waals surface area contributed by atoms with Gasteiger partial charge < -0.3 is 19.1 Å². The van der Waals surface area contributed by atoms with E-state index in [-0.39, 0.29) is 12.0 Å². The summed E-state index contributed by atoms with van der Waals surface area (Å²) in [5, 5.41) is 0. The molecular weight excluding hydrogens is 404 g/mol. The first-order chi connectivity index (χ1) is 14.8. The third kappa shape index (κ3) is 5.98. The summed E-state index contributed by atoms with van der Waals surface area (Å²) in [6, 6.07) is 7.96. The van der Waals surface area contributed by atoms with Crippen LogP contribution in [-0.4, -0.2) is 83.2 Å². The van der Waals surface area contributed by atoms with Gasteiger partial charge in [0.1, 0.15) is 12.4 Å². The average Bonchev–Trinajstić information content (AvgIpc) is 3.49. The topological polar surface area (TPSA) is 77.0 Å². The lowest BCUT2D eigenvalue weighted by Gasteiger charge is -2.26. The van der Waals surface area contributed by atoms with Crippen LogP contribution in [0.1, 0.15) is 28.9 Å². The first-order valence-corrected chi connectivity index (χ1v) is 11.2. The largest absolute Gasteiger partial charge is 0.492 e. The maximum Gasteiger partial charge on any atom is 0.275 e. The van der Waals surface area contributed by atoms with Crippen LogP contribution in [0.2, 0.25) is 0 Å². The summed E-state index contributed by atoms with van der Waals surface area (Å²) in [5.41, 5.74) is 1.44. The van der Waals surface area contributed by atoms with Crippen LogP contribution >= 0.6 is 11.7 Å². The van der Waals surface area contributed by atoms with Crippen LogP contribution in [0, 0.1) is 0 Å². The van der Waals surface area contributed by atoms with Gasteiger partial charge in [-0.25, -0.2) is 0 Å². The quantitative estimate of drug-likeness (QED) is 0.600. The van der Waals surface area contributed by atoms with Crippen molar-refractivity contribution in [2.24, 2.45) is 0 Å². The van der Waals surface area contributed by atoms with Crippen molar-refractivity contribution in [2.75, 3.05) is 52.6 Å². The molecule has 0 spiro atoms. The molecule has 9 heteroatoms. The molecule has 2 fully saturated rings. The number of carbonyl (C=O) groups is 1. The predicted octanol–water partition coefficient (Wildman–Crippen LogP) is 2.07. The van der Waals surface area contributed by atoms with Crippen molar-refractivity contribution >= 4 is 17.6 Å². The summed E-state index contributed by atoms with van der Waals surface area (Å²) in [5.74, 6) is 0.734. The molecule has 162 valence electrons. The van der Waals surface area contributed by atoms with E-state index in [0.717, 1.165) is 75.3 Å². The van der Waals surface area contributed by atoms with Gasteiger partial charge in [-0.2, -0.15) is 8.75 Å². The van der Waals surface area contributed by atoms with Gasteiger partial charge in [-0.15, -0.1) is 0 Å². The lowest BCUT2D eigenvalue weighted by Crippen LogP contribution is -2.38. The Morgan fingerprint density at radius 2 is 2.07 bits per heavy atom. The van der Waals surface area contributed by atoms with E-state index in [1.54, 1.807) is 4.90 Å². The molecule has 2 saturated heterocycles. The highest BCUT2D eigenvalue weighted by Crippen LogP contribution is 2.19. The number of rotatable bonds is 9. The average molecular weight is 433 g/mol. The molecule has 0 N–H and O–H groups in total. The Kier molecular flexibility index (Phi) is 7.63. The Labute approximate surface area is 181 Å². The SMILES string of the molecule is O=C(c1cnsn1)N(Cc1ccc(OCCN2CCOCC2)cc1)C[C@H]1CCCO1. The fraction of sp³-hybridized carbons (Fsp3) is 0.571. The van der Waals surface area contributed by atoms with Crippen molar-refractivity contribution < 1.29 is 19.0 Å². The van der Waals surface area contributed by atoms with Crippen molar-refractivity contribution in [1.82, 2.24) is 18.5 Å². The number of hydrogen-bond acceptors (Lipinski definition) is 8. The molecule has 2 aromatic rings. The first kappa shape index (κ1) is 21.2. The van der Waals surface area contributed by atoms with Gasteiger partial charge in [-0.3, -0.25) is 9.69 Å². The highest BCUT2D eigenvalue weighted by atomic mass is 32.1. The van der Waals surface area contributed by atoms with E-state index >= 15 is 0 Å². The van der Waals surface area contributed by atoms with E-state index in [1.807, 2.05) is 24.3 Å². The molecule has 1 amide bonds. The summed E-state index contributed by atoms with van der Waals surface area (Å²) in [7, 11) is 0. The number of hydrogen-bond donors (Lipinski definition) is 0. The summed E-state index contributed by atoms with van der Waals surface area (Å²) >= 11 is 1.05. The molecule has 1 aromatic carbocycles. The molecule has 2 aliphatic heterocycles. The van der Waals surface area contributed by atoms with Crippen LogP contribution in [0.5, 0.6) is 5.75 Å². The number of ether oxygens (including phenoxy) is 3. The number of morpholine rings is 1. The Bertz CT molecular complexity index is 775. The molecule has 0 unspecified atom stereocenters. The van der Waals surface area contributed by atoms with E-state index in [1.165, 1.54) is 6.20 Å². The Balaban J connectivity index is 1.32. The van der Waals surface area contributed by atoms with Gasteiger partial charge in [0, 0.05) is 39.3 Å². The van der Waals surface area contributed by atoms with Gasteiger partial charge in [0.2, 0.25) is 0 Å². The lowest BCUT2D eigenvalue weighted by atomic mass is 10.1. The van der Waals surface area contributed by atoms with Crippen LogP contribution in [0.15, 0.2) is 30.5 Å². The van der Waals surface area contributed by atoms with Crippen molar-refractivity contribution in [2.45, 2.75) is 25.5 Å². The van der Waals surface area contributed by atoms with E-state index < -0.39 is 0 Å². The molecule has 1 aromatic heterocycles. The zero-order valence-corrected chi connectivity index (χ0v) is 17.9. The number of carbonyl (C=O) groups excluding carboxylic acids is 1. The number of amides is 1. The molecule has 0 saturated carbocycles. The fourth-order valence-electron chi connectivity index (χ4n) is 3.70. The second-order valence-corrected chi connectivity index (χ2v) is 8.12. The molecule has 4 rings (SSSR count). The maximum absolute atomic E-state index is 12.9. The van der Waals surface area contributed by atoms with Gasteiger partial charge in [0.15, 0.2) is 5.69 Å². The molecule has 1 atom stereocenters. The predicted molar refractivity (Wildman–Crippen MR) is 113 cm³/mol. The number of benzene rings is 1. The number of aromatic nitrogens is 2. The highest BCUT2D eigenvalue weighted by molar-refractivity contribution is 6.99. The van der Waals surface area contributed by atoms with Gasteiger partial charge in [0.25, 0.3) is 5.91 Å². The second kappa shape index (κ2) is 10.8. The highest BCUT2D eigenvalue weighted by Gasteiger charge is 2.25. The minimum atomic E-state index is -0.106. The summed E-state index contributed by atoms with van der Waals surface area (Å²) in [4.78, 5) is 17.0. The Morgan fingerprint density at radius 3 is 2.77 bits per heavy atom. The summed E-state index contributed by atoms with van der Waals surface area (Å²) < 4.78 is 25.1. The minimum Gasteiger partial charge on any atom is -0.492 e. The van der Waals surface area contributed by atoms with Gasteiger partial charge in [0.05, 0.1) is 37.2 Å². The zero-order chi connectivity index (χ0) is 20.6. The normalized spacial score (nSPS) is 19.7. The fourth-order valence-corrected chi connectivity index (χ4v) is 4.11. The van der Waals surface area contributed by atoms with Crippen LogP contribution in [0.25, 0.3) is 0 Å². The summed E-state index contributed by atoms with van der Waals surface area (Å²) in [6.07, 6.45) is 3.64. The van der Waals surface area contributed by atoms with Gasteiger partial charge in [-0.05, 0) is 30.5 Å². The molecule has 0 radical (unpaired) electrons. The molecule has 3 heterocycles. The molecular formula is C21H28N4O4S. The Hall–Kier alpha value is -2.07. The van der Waals surface area contributed by atoms with Crippen molar-refractivity contribution in [1.29, 1.82) is 0 Å². The van der Waals surface area contributed by atoms with Crippen molar-refractivity contribution in [3.05, 3.63) is 41.7 Å². The van der Waals surface area contributed by atoms with Crippen LogP contribution < -0.4 is 4.74 Å². The Morgan fingerprint density at radius 1 is 1.23 bits per heavy atom. The standard InChI is InChI=1S/C21H28N4O4S/c26-21(20-14-22-30-23-20)25(16-19-2-1-10-28-19)15-17-3-5-18(6-4-17)29-13-9-24-7-11-27-12-8-24/h3-6,14,19H,1-2,7-13,15-16H2/t19-/m1/s1. The minimum absolute atomic E-state index is 0.0864. The van der Waals surface area contributed by atoms with Gasteiger partial charge >= 0.3 is 0 Å². The monoisotopic (exact) mass is 432 g/mol. The molecule has 30 heavy (non-hydrogen) atoms. The van der Waals surface area contributed by atoms with Crippen molar-refractivity contribution in [3.8, 4) is 5.75 Å². The lowest BCUT2D eigenvalue weighted by molar-refractivity contribution is 0.0322. The zero-order valence-electron chi connectivity index (χ0n) is 17.1. The molecule has 2 aliphatic rings. The third-order valence-electron chi connectivity index (χ3n) is 5.39. The second-order valence-electron chi connectivity index (χ2n) is 7.56. The molecule has 0 bridgehead atoms. The van der Waals surface area contributed by atoms with E-state index in [4.69, 9.17) is 14.2 Å². The van der Waals surface area contributed by atoms with Crippen molar-refractivity contribution in [3.63, 3.8) is 0 Å². The maximum atomic E-state index is 12.9. The molecule has 8 nitrogen and oxygen atoms in total. The van der Waals surface area contributed by atoms with E-state index in [0.29, 0.717) is 25.4 Å². The van der Waals surface area contributed by atoms with Crippen LogP contribution in [-0.2, 0) is 16.0 Å². The smallest absolute Gasteiger partial charge is 0.275 e. The van der Waals surface area contributed by atoms with E-state index in [9.17, 15) is 4.79 Å². The van der Waals surface area contributed by atoms with E-state index in [2.05, 4.69) is 13.6 Å². The third-order valence-corrected chi connectivity index (χ3v) is 5.87. The first-order valence-electron chi connectivity index (χ1n) is 10.5. The molecule has 0 aliphatic carbocycles. The van der Waals surface area contributed by atoms with Crippen LogP contribution in [0.4, 0.5) is 0 Å². The van der Waals surface area contributed by atoms with Crippen LogP contribution in [0.3, 0.4) is 0 Å². The summed E-state index contributed by atoms with van der Waals surface area (Å²) in [6.45, 7) is 6.91. The number of nitrogens with zero attached hydrogens (tertiary/aromatic N) is 4. The van der Waals surface area contributed by atoms with Gasteiger partial charge in [-0.1, -0.05) is 12.1 Å².